The quantitative estimate of drug-likeness (QED) is 0.489. The second-order valence-corrected chi connectivity index (χ2v) is 8.10. The molecule has 0 spiro atoms. The van der Waals surface area contributed by atoms with Crippen molar-refractivity contribution in [3.63, 3.8) is 0 Å². The number of aromatic nitrogens is 1. The van der Waals surface area contributed by atoms with Gasteiger partial charge in [0.1, 0.15) is 0 Å². The van der Waals surface area contributed by atoms with Crippen molar-refractivity contribution in [1.82, 2.24) is 9.29 Å². The standard InChI is InChI=1S/C19H22F2N2O5S/c1-4-23-12(2)9-15(13(23)3)18(24)11-28-19(25)7-8-22-29(26,27)14-5-6-16(20)17(21)10-14/h5-6,9-10,22H,4,7-8,11H2,1-3H3. The number of hydrogen-bond donors (Lipinski definition) is 1. The molecule has 1 aromatic heterocycles. The van der Waals surface area contributed by atoms with E-state index in [0.717, 1.165) is 17.5 Å². The van der Waals surface area contributed by atoms with E-state index in [-0.39, 0.29) is 18.7 Å². The molecule has 0 radical (unpaired) electrons. The minimum absolute atomic E-state index is 0.321. The van der Waals surface area contributed by atoms with Crippen molar-refractivity contribution in [2.45, 2.75) is 38.6 Å². The van der Waals surface area contributed by atoms with Crippen molar-refractivity contribution in [1.29, 1.82) is 0 Å². The lowest BCUT2D eigenvalue weighted by Crippen LogP contribution is -2.27. The number of rotatable bonds is 9. The van der Waals surface area contributed by atoms with Crippen molar-refractivity contribution in [3.8, 4) is 0 Å². The number of halogens is 2. The van der Waals surface area contributed by atoms with Crippen LogP contribution in [0.5, 0.6) is 0 Å². The van der Waals surface area contributed by atoms with Gasteiger partial charge >= 0.3 is 5.97 Å². The van der Waals surface area contributed by atoms with Crippen LogP contribution in [0.1, 0.15) is 35.1 Å². The molecule has 1 aromatic carbocycles. The van der Waals surface area contributed by atoms with Gasteiger partial charge in [0.25, 0.3) is 0 Å². The molecular weight excluding hydrogens is 406 g/mol. The van der Waals surface area contributed by atoms with E-state index in [9.17, 15) is 26.8 Å². The van der Waals surface area contributed by atoms with E-state index in [2.05, 4.69) is 4.72 Å². The fourth-order valence-corrected chi connectivity index (χ4v) is 3.92. The molecule has 0 unspecified atom stereocenters. The molecule has 0 fully saturated rings. The topological polar surface area (TPSA) is 94.5 Å². The maximum atomic E-state index is 13.2. The zero-order valence-corrected chi connectivity index (χ0v) is 17.1. The number of nitrogens with zero attached hydrogens (tertiary/aromatic N) is 1. The first-order chi connectivity index (χ1) is 13.6. The van der Waals surface area contributed by atoms with E-state index >= 15 is 0 Å². The summed E-state index contributed by atoms with van der Waals surface area (Å²) >= 11 is 0. The molecule has 10 heteroatoms. The Morgan fingerprint density at radius 2 is 1.83 bits per heavy atom. The van der Waals surface area contributed by atoms with Gasteiger partial charge in [-0.2, -0.15) is 0 Å². The maximum absolute atomic E-state index is 13.2. The van der Waals surface area contributed by atoms with E-state index in [1.54, 1.807) is 13.0 Å². The first-order valence-electron chi connectivity index (χ1n) is 8.87. The van der Waals surface area contributed by atoms with Crippen LogP contribution < -0.4 is 4.72 Å². The Balaban J connectivity index is 1.85. The van der Waals surface area contributed by atoms with Gasteiger partial charge in [-0.3, -0.25) is 9.59 Å². The van der Waals surface area contributed by atoms with Gasteiger partial charge in [0.2, 0.25) is 15.8 Å². The van der Waals surface area contributed by atoms with E-state index in [1.807, 2.05) is 18.4 Å². The highest BCUT2D eigenvalue weighted by atomic mass is 32.2. The highest BCUT2D eigenvalue weighted by molar-refractivity contribution is 7.89. The van der Waals surface area contributed by atoms with Crippen LogP contribution in [-0.4, -0.2) is 37.9 Å². The fraction of sp³-hybridized carbons (Fsp3) is 0.368. The van der Waals surface area contributed by atoms with Gasteiger partial charge in [0, 0.05) is 30.0 Å². The van der Waals surface area contributed by atoms with Gasteiger partial charge in [-0.1, -0.05) is 0 Å². The molecule has 2 aromatic rings. The summed E-state index contributed by atoms with van der Waals surface area (Å²) in [7, 11) is -4.11. The third-order valence-corrected chi connectivity index (χ3v) is 5.84. The van der Waals surface area contributed by atoms with Gasteiger partial charge in [0.15, 0.2) is 18.2 Å². The predicted octanol–water partition coefficient (Wildman–Crippen LogP) is 2.50. The van der Waals surface area contributed by atoms with Gasteiger partial charge in [-0.25, -0.2) is 21.9 Å². The average molecular weight is 428 g/mol. The monoisotopic (exact) mass is 428 g/mol. The molecule has 0 bridgehead atoms. The van der Waals surface area contributed by atoms with E-state index in [0.29, 0.717) is 24.2 Å². The molecule has 0 atom stereocenters. The van der Waals surface area contributed by atoms with Crippen LogP contribution in [0.4, 0.5) is 8.78 Å². The number of sulfonamides is 1. The van der Waals surface area contributed by atoms with Crippen molar-refractivity contribution in [2.24, 2.45) is 0 Å². The lowest BCUT2D eigenvalue weighted by molar-refractivity contribution is -0.142. The number of benzene rings is 1. The Morgan fingerprint density at radius 1 is 1.14 bits per heavy atom. The van der Waals surface area contributed by atoms with Gasteiger partial charge in [-0.15, -0.1) is 0 Å². The summed E-state index contributed by atoms with van der Waals surface area (Å²) in [6.07, 6.45) is -0.329. The minimum atomic E-state index is -4.11. The fourth-order valence-electron chi connectivity index (χ4n) is 2.88. The number of ether oxygens (including phenoxy) is 1. The zero-order valence-electron chi connectivity index (χ0n) is 16.3. The summed E-state index contributed by atoms with van der Waals surface area (Å²) in [5, 5.41) is 0. The Bertz CT molecular complexity index is 1030. The number of hydrogen-bond acceptors (Lipinski definition) is 5. The first kappa shape index (κ1) is 22.7. The van der Waals surface area contributed by atoms with Crippen molar-refractivity contribution in [3.05, 3.63) is 52.9 Å². The highest BCUT2D eigenvalue weighted by Crippen LogP contribution is 2.16. The molecule has 0 saturated carbocycles. The van der Waals surface area contributed by atoms with Crippen LogP contribution in [-0.2, 0) is 26.1 Å². The number of ketones is 1. The number of nitrogens with one attached hydrogen (secondary N) is 1. The second kappa shape index (κ2) is 9.27. The Kier molecular flexibility index (Phi) is 7.26. The summed E-state index contributed by atoms with van der Waals surface area (Å²) in [4.78, 5) is 23.6. The third kappa shape index (κ3) is 5.48. The van der Waals surface area contributed by atoms with Crippen LogP contribution in [0.2, 0.25) is 0 Å². The van der Waals surface area contributed by atoms with Gasteiger partial charge in [0.05, 0.1) is 11.3 Å². The molecule has 158 valence electrons. The molecule has 2 rings (SSSR count). The molecule has 0 aliphatic carbocycles. The molecule has 0 saturated heterocycles. The number of carbonyl (C=O) groups is 2. The number of esters is 1. The van der Waals surface area contributed by atoms with Crippen LogP contribution in [0.25, 0.3) is 0 Å². The predicted molar refractivity (Wildman–Crippen MR) is 101 cm³/mol. The SMILES string of the molecule is CCn1c(C)cc(C(=O)COC(=O)CCNS(=O)(=O)c2ccc(F)c(F)c2)c1C. The van der Waals surface area contributed by atoms with Crippen LogP contribution in [0, 0.1) is 25.5 Å². The molecule has 0 amide bonds. The highest BCUT2D eigenvalue weighted by Gasteiger charge is 2.19. The molecule has 7 nitrogen and oxygen atoms in total. The lowest BCUT2D eigenvalue weighted by atomic mass is 10.1. The Morgan fingerprint density at radius 3 is 2.41 bits per heavy atom. The lowest BCUT2D eigenvalue weighted by Gasteiger charge is -2.08. The molecule has 1 N–H and O–H groups in total. The second-order valence-electron chi connectivity index (χ2n) is 6.34. The van der Waals surface area contributed by atoms with E-state index < -0.39 is 39.1 Å². The van der Waals surface area contributed by atoms with E-state index in [4.69, 9.17) is 4.74 Å². The Hall–Kier alpha value is -2.59. The molecular formula is C19H22F2N2O5S. The summed E-state index contributed by atoms with van der Waals surface area (Å²) in [5.74, 6) is -3.59. The zero-order chi connectivity index (χ0) is 21.8. The normalized spacial score (nSPS) is 11.5. The number of aryl methyl sites for hydroxylation is 1. The number of Topliss-reactive ketones (excluding diaryl/α,β-unsaturated/α-hetero) is 1. The van der Waals surface area contributed by atoms with Crippen molar-refractivity contribution >= 4 is 21.8 Å². The largest absolute Gasteiger partial charge is 0.457 e. The molecule has 0 aliphatic rings. The summed E-state index contributed by atoms with van der Waals surface area (Å²) < 4.78 is 59.1. The van der Waals surface area contributed by atoms with Crippen molar-refractivity contribution in [2.75, 3.05) is 13.2 Å². The summed E-state index contributed by atoms with van der Waals surface area (Å²) in [6, 6.07) is 3.87. The maximum Gasteiger partial charge on any atom is 0.307 e. The van der Waals surface area contributed by atoms with Crippen LogP contribution in [0.3, 0.4) is 0 Å². The first-order valence-corrected chi connectivity index (χ1v) is 10.4. The Labute approximate surface area is 167 Å². The summed E-state index contributed by atoms with van der Waals surface area (Å²) in [5.41, 5.74) is 2.17. The minimum Gasteiger partial charge on any atom is -0.457 e. The number of carbonyl (C=O) groups excluding carboxylic acids is 2. The molecule has 29 heavy (non-hydrogen) atoms. The van der Waals surface area contributed by atoms with Crippen molar-refractivity contribution < 1.29 is 31.5 Å². The average Bonchev–Trinajstić information content (AvgIpc) is 2.95. The van der Waals surface area contributed by atoms with Crippen LogP contribution >= 0.6 is 0 Å². The van der Waals surface area contributed by atoms with Gasteiger partial charge < -0.3 is 9.30 Å². The molecule has 1 heterocycles. The van der Waals surface area contributed by atoms with E-state index in [1.165, 1.54) is 0 Å². The molecule has 0 aliphatic heterocycles. The van der Waals surface area contributed by atoms with Gasteiger partial charge in [-0.05, 0) is 45.0 Å². The van der Waals surface area contributed by atoms with Crippen LogP contribution in [0.15, 0.2) is 29.2 Å². The summed E-state index contributed by atoms with van der Waals surface area (Å²) in [6.45, 7) is 5.57. The third-order valence-electron chi connectivity index (χ3n) is 4.38. The smallest absolute Gasteiger partial charge is 0.307 e.